The molecule has 3 aromatic rings. The molecule has 0 N–H and O–H groups in total. The highest BCUT2D eigenvalue weighted by Gasteiger charge is 2.60. The Kier molecular flexibility index (Phi) is 5.14. The molecule has 5 rings (SSSR count). The van der Waals surface area contributed by atoms with Crippen molar-refractivity contribution in [2.75, 3.05) is 9.96 Å². The van der Waals surface area contributed by atoms with Gasteiger partial charge in [0.25, 0.3) is 5.91 Å². The van der Waals surface area contributed by atoms with Gasteiger partial charge in [-0.1, -0.05) is 64.0 Å². The number of hydroxylamine groups is 1. The number of benzene rings is 3. The maximum absolute atomic E-state index is 13.8. The number of halogens is 1. The number of aryl methyl sites for hydroxylation is 3. The van der Waals surface area contributed by atoms with Crippen LogP contribution in [0.25, 0.3) is 0 Å². The summed E-state index contributed by atoms with van der Waals surface area (Å²) in [6.45, 7) is 5.89. The highest BCUT2D eigenvalue weighted by Crippen LogP contribution is 2.48. The van der Waals surface area contributed by atoms with E-state index in [0.717, 1.165) is 32.4 Å². The summed E-state index contributed by atoms with van der Waals surface area (Å²) in [5.41, 5.74) is 5.30. The average molecular weight is 491 g/mol. The van der Waals surface area contributed by atoms with Gasteiger partial charge in [-0.05, 0) is 61.7 Å². The van der Waals surface area contributed by atoms with Gasteiger partial charge in [-0.25, -0.2) is 9.96 Å². The predicted molar refractivity (Wildman–Crippen MR) is 127 cm³/mol. The van der Waals surface area contributed by atoms with E-state index >= 15 is 0 Å². The van der Waals surface area contributed by atoms with Crippen LogP contribution in [-0.2, 0) is 14.4 Å². The molecule has 6 heteroatoms. The molecule has 162 valence electrons. The lowest BCUT2D eigenvalue weighted by Gasteiger charge is -2.29. The Hall–Kier alpha value is -2.96. The lowest BCUT2D eigenvalue weighted by molar-refractivity contribution is -0.126. The van der Waals surface area contributed by atoms with Crippen molar-refractivity contribution in [2.45, 2.75) is 32.9 Å². The molecule has 3 atom stereocenters. The second-order valence-electron chi connectivity index (χ2n) is 8.47. The van der Waals surface area contributed by atoms with Crippen LogP contribution in [0.2, 0.25) is 0 Å². The lowest BCUT2D eigenvalue weighted by atomic mass is 9.90. The van der Waals surface area contributed by atoms with Crippen LogP contribution in [0.4, 0.5) is 11.4 Å². The second kappa shape index (κ2) is 7.87. The van der Waals surface area contributed by atoms with E-state index in [1.54, 1.807) is 5.06 Å². The van der Waals surface area contributed by atoms with Crippen molar-refractivity contribution in [3.63, 3.8) is 0 Å². The smallest absolute Gasteiger partial charge is 0.266 e. The van der Waals surface area contributed by atoms with Gasteiger partial charge in [0.05, 0.1) is 17.4 Å². The first-order valence-electron chi connectivity index (χ1n) is 10.6. The summed E-state index contributed by atoms with van der Waals surface area (Å²) in [6.07, 6.45) is -0.869. The second-order valence-corrected chi connectivity index (χ2v) is 9.39. The van der Waals surface area contributed by atoms with Gasteiger partial charge < -0.3 is 0 Å². The molecule has 3 aromatic carbocycles. The summed E-state index contributed by atoms with van der Waals surface area (Å²) >= 11 is 3.54. The number of nitrogens with zero attached hydrogens (tertiary/aromatic N) is 2. The highest BCUT2D eigenvalue weighted by atomic mass is 79.9. The number of hydrogen-bond donors (Lipinski definition) is 0. The van der Waals surface area contributed by atoms with Crippen LogP contribution in [0.3, 0.4) is 0 Å². The van der Waals surface area contributed by atoms with Crippen LogP contribution in [-0.4, -0.2) is 17.9 Å². The van der Waals surface area contributed by atoms with Crippen molar-refractivity contribution >= 4 is 39.1 Å². The number of anilines is 2. The lowest BCUT2D eigenvalue weighted by Crippen LogP contribution is -2.38. The molecule has 5 nitrogen and oxygen atoms in total. The number of carbonyl (C=O) groups is 2. The molecule has 0 saturated carbocycles. The molecule has 0 spiro atoms. The third-order valence-corrected chi connectivity index (χ3v) is 6.67. The Balaban J connectivity index is 1.62. The molecule has 0 bridgehead atoms. The molecule has 2 fully saturated rings. The summed E-state index contributed by atoms with van der Waals surface area (Å²) in [5, 5.41) is 1.72. The van der Waals surface area contributed by atoms with Gasteiger partial charge in [-0.2, -0.15) is 0 Å². The number of amides is 2. The fourth-order valence-corrected chi connectivity index (χ4v) is 5.41. The standard InChI is InChI=1S/C26H23BrN2O3/c1-15-12-16(2)22(17(3)13-15)28-25(30)21-23(18-8-7-9-19(27)14-18)29(32-24(21)26(28)31)20-10-5-4-6-11-20/h4-14,21,23-24H,1-3H3/t21-,23+,24+/m0/s1. The van der Waals surface area contributed by atoms with Crippen LogP contribution in [0, 0.1) is 26.7 Å². The molecule has 0 radical (unpaired) electrons. The molecular weight excluding hydrogens is 468 g/mol. The number of rotatable bonds is 3. The Morgan fingerprint density at radius 2 is 1.53 bits per heavy atom. The normalized spacial score (nSPS) is 22.6. The van der Waals surface area contributed by atoms with E-state index in [1.807, 2.05) is 87.5 Å². The van der Waals surface area contributed by atoms with Crippen LogP contribution in [0.1, 0.15) is 28.3 Å². The van der Waals surface area contributed by atoms with Gasteiger partial charge in [-0.15, -0.1) is 0 Å². The Labute approximate surface area is 195 Å². The summed E-state index contributed by atoms with van der Waals surface area (Å²) < 4.78 is 0.908. The number of imide groups is 1. The first kappa shape index (κ1) is 20.9. The van der Waals surface area contributed by atoms with Crippen molar-refractivity contribution in [2.24, 2.45) is 5.92 Å². The quantitative estimate of drug-likeness (QED) is 0.459. The summed E-state index contributed by atoms with van der Waals surface area (Å²) in [6, 6.07) is 21.0. The summed E-state index contributed by atoms with van der Waals surface area (Å²) in [4.78, 5) is 34.9. The van der Waals surface area contributed by atoms with Gasteiger partial charge in [0, 0.05) is 4.47 Å². The van der Waals surface area contributed by atoms with Gasteiger partial charge in [0.1, 0.15) is 5.92 Å². The topological polar surface area (TPSA) is 49.9 Å². The maximum Gasteiger partial charge on any atom is 0.266 e. The van der Waals surface area contributed by atoms with E-state index in [0.29, 0.717) is 5.69 Å². The molecular formula is C26H23BrN2O3. The van der Waals surface area contributed by atoms with Crippen molar-refractivity contribution < 1.29 is 14.4 Å². The van der Waals surface area contributed by atoms with Crippen molar-refractivity contribution in [1.29, 1.82) is 0 Å². The molecule has 2 aliphatic heterocycles. The Morgan fingerprint density at radius 1 is 0.844 bits per heavy atom. The predicted octanol–water partition coefficient (Wildman–Crippen LogP) is 5.43. The third kappa shape index (κ3) is 3.26. The maximum atomic E-state index is 13.8. The minimum Gasteiger partial charge on any atom is -0.273 e. The van der Waals surface area contributed by atoms with Gasteiger partial charge in [-0.3, -0.25) is 14.4 Å². The highest BCUT2D eigenvalue weighted by molar-refractivity contribution is 9.10. The van der Waals surface area contributed by atoms with E-state index in [1.165, 1.54) is 4.90 Å². The first-order chi connectivity index (χ1) is 15.4. The number of hydrogen-bond acceptors (Lipinski definition) is 4. The van der Waals surface area contributed by atoms with Crippen LogP contribution in [0.5, 0.6) is 0 Å². The Morgan fingerprint density at radius 3 is 2.19 bits per heavy atom. The zero-order chi connectivity index (χ0) is 22.6. The van der Waals surface area contributed by atoms with E-state index in [4.69, 9.17) is 4.84 Å². The molecule has 2 saturated heterocycles. The zero-order valence-corrected chi connectivity index (χ0v) is 19.7. The van der Waals surface area contributed by atoms with Crippen molar-refractivity contribution in [1.82, 2.24) is 0 Å². The average Bonchev–Trinajstić information content (AvgIpc) is 3.26. The van der Waals surface area contributed by atoms with Gasteiger partial charge in [0.15, 0.2) is 6.10 Å². The van der Waals surface area contributed by atoms with E-state index < -0.39 is 18.1 Å². The monoisotopic (exact) mass is 490 g/mol. The number of carbonyl (C=O) groups excluding carboxylic acids is 2. The van der Waals surface area contributed by atoms with Gasteiger partial charge >= 0.3 is 0 Å². The van der Waals surface area contributed by atoms with Crippen molar-refractivity contribution in [3.05, 3.63) is 93.5 Å². The number of fused-ring (bicyclic) bond motifs is 1. The molecule has 2 heterocycles. The molecule has 0 aliphatic carbocycles. The molecule has 2 aliphatic rings. The van der Waals surface area contributed by atoms with E-state index in [9.17, 15) is 9.59 Å². The van der Waals surface area contributed by atoms with Crippen LogP contribution >= 0.6 is 15.9 Å². The SMILES string of the molecule is Cc1cc(C)c(N2C(=O)[C@H]3[C@@H](c4cccc(Br)c4)N(c4ccccc4)O[C@H]3C2=O)c(C)c1. The van der Waals surface area contributed by atoms with Crippen LogP contribution < -0.4 is 9.96 Å². The first-order valence-corrected chi connectivity index (χ1v) is 11.4. The molecule has 2 amide bonds. The van der Waals surface area contributed by atoms with Gasteiger partial charge in [0.2, 0.25) is 5.91 Å². The summed E-state index contributed by atoms with van der Waals surface area (Å²) in [7, 11) is 0. The largest absolute Gasteiger partial charge is 0.273 e. The molecule has 0 aromatic heterocycles. The molecule has 0 unspecified atom stereocenters. The fourth-order valence-electron chi connectivity index (χ4n) is 4.99. The minimum atomic E-state index is -0.869. The third-order valence-electron chi connectivity index (χ3n) is 6.18. The zero-order valence-electron chi connectivity index (χ0n) is 18.1. The molecule has 32 heavy (non-hydrogen) atoms. The fraction of sp³-hybridized carbons (Fsp3) is 0.231. The van der Waals surface area contributed by atoms with E-state index in [-0.39, 0.29) is 11.8 Å². The Bertz CT molecular complexity index is 1200. The summed E-state index contributed by atoms with van der Waals surface area (Å²) in [5.74, 6) is -1.18. The van der Waals surface area contributed by atoms with Crippen LogP contribution in [0.15, 0.2) is 71.2 Å². The number of para-hydroxylation sites is 1. The van der Waals surface area contributed by atoms with Crippen molar-refractivity contribution in [3.8, 4) is 0 Å². The minimum absolute atomic E-state index is 0.224. The van der Waals surface area contributed by atoms with E-state index in [2.05, 4.69) is 15.9 Å².